The Morgan fingerprint density at radius 2 is 1.08 bits per heavy atom. The standard InChI is InChI=1S/C37H23NO/c1-2-10-25-21-27(18-17-24(25)9-1)39-37-32-16-8-7-15-31(32)36(35-23-38-20-19-33(35)37)34-22-26-11-3-4-12-28(26)29-13-5-6-14-30(29)34/h1-23H. The molecule has 8 aromatic rings. The van der Waals surface area contributed by atoms with Gasteiger partial charge in [0.15, 0.2) is 0 Å². The fourth-order valence-corrected chi connectivity index (χ4v) is 5.99. The van der Waals surface area contributed by atoms with Gasteiger partial charge in [-0.15, -0.1) is 0 Å². The van der Waals surface area contributed by atoms with Crippen molar-refractivity contribution in [2.75, 3.05) is 0 Å². The van der Waals surface area contributed by atoms with Gasteiger partial charge < -0.3 is 4.74 Å². The molecular weight excluding hydrogens is 474 g/mol. The summed E-state index contributed by atoms with van der Waals surface area (Å²) in [5, 5.41) is 11.7. The maximum absolute atomic E-state index is 6.73. The predicted molar refractivity (Wildman–Crippen MR) is 164 cm³/mol. The Balaban J connectivity index is 1.46. The van der Waals surface area contributed by atoms with Crippen LogP contribution in [0.1, 0.15) is 0 Å². The first-order chi connectivity index (χ1) is 19.3. The first-order valence-corrected chi connectivity index (χ1v) is 13.2. The molecule has 182 valence electrons. The fraction of sp³-hybridized carbons (Fsp3) is 0. The van der Waals surface area contributed by atoms with Gasteiger partial charge in [0.05, 0.1) is 0 Å². The molecule has 0 N–H and O–H groups in total. The lowest BCUT2D eigenvalue weighted by Crippen LogP contribution is -1.94. The van der Waals surface area contributed by atoms with Crippen molar-refractivity contribution in [2.45, 2.75) is 0 Å². The van der Waals surface area contributed by atoms with E-state index in [0.29, 0.717) is 0 Å². The molecule has 0 saturated carbocycles. The average Bonchev–Trinajstić information content (AvgIpc) is 3.01. The minimum Gasteiger partial charge on any atom is -0.456 e. The molecular formula is C37H23NO. The number of hydrogen-bond acceptors (Lipinski definition) is 2. The Hall–Kier alpha value is -5.21. The van der Waals surface area contributed by atoms with E-state index in [0.717, 1.165) is 38.4 Å². The van der Waals surface area contributed by atoms with Gasteiger partial charge in [0.1, 0.15) is 11.5 Å². The summed E-state index contributed by atoms with van der Waals surface area (Å²) in [4.78, 5) is 4.58. The van der Waals surface area contributed by atoms with Gasteiger partial charge in [-0.05, 0) is 73.1 Å². The fourth-order valence-electron chi connectivity index (χ4n) is 5.99. The SMILES string of the molecule is c1ccc2cc(Oc3c4ccccc4c(-c4cc5ccccc5c5ccccc45)c4cnccc34)ccc2c1. The summed E-state index contributed by atoms with van der Waals surface area (Å²) in [5.41, 5.74) is 2.39. The van der Waals surface area contributed by atoms with Gasteiger partial charge in [0, 0.05) is 28.6 Å². The van der Waals surface area contributed by atoms with Crippen LogP contribution >= 0.6 is 0 Å². The Bertz CT molecular complexity index is 2160. The van der Waals surface area contributed by atoms with E-state index in [1.165, 1.54) is 38.1 Å². The average molecular weight is 498 g/mol. The third-order valence-electron chi connectivity index (χ3n) is 7.75. The minimum absolute atomic E-state index is 0.820. The molecule has 7 aromatic carbocycles. The van der Waals surface area contributed by atoms with E-state index < -0.39 is 0 Å². The van der Waals surface area contributed by atoms with Crippen molar-refractivity contribution in [3.8, 4) is 22.6 Å². The smallest absolute Gasteiger partial charge is 0.143 e. The molecule has 0 aliphatic carbocycles. The first-order valence-electron chi connectivity index (χ1n) is 13.2. The third-order valence-corrected chi connectivity index (χ3v) is 7.75. The highest BCUT2D eigenvalue weighted by atomic mass is 16.5. The van der Waals surface area contributed by atoms with E-state index in [9.17, 15) is 0 Å². The topological polar surface area (TPSA) is 22.1 Å². The van der Waals surface area contributed by atoms with E-state index in [1.54, 1.807) is 0 Å². The Morgan fingerprint density at radius 3 is 1.92 bits per heavy atom. The van der Waals surface area contributed by atoms with Gasteiger partial charge in [-0.25, -0.2) is 0 Å². The summed E-state index contributed by atoms with van der Waals surface area (Å²) in [6.45, 7) is 0. The van der Waals surface area contributed by atoms with Crippen LogP contribution in [0, 0.1) is 0 Å². The molecule has 0 spiro atoms. The Labute approximate surface area is 225 Å². The van der Waals surface area contributed by atoms with Crippen LogP contribution in [0.2, 0.25) is 0 Å². The molecule has 0 aliphatic rings. The van der Waals surface area contributed by atoms with Crippen molar-refractivity contribution in [2.24, 2.45) is 0 Å². The van der Waals surface area contributed by atoms with Gasteiger partial charge in [-0.1, -0.05) is 103 Å². The first kappa shape index (κ1) is 21.8. The monoisotopic (exact) mass is 497 g/mol. The maximum atomic E-state index is 6.73. The second-order valence-corrected chi connectivity index (χ2v) is 9.97. The lowest BCUT2D eigenvalue weighted by Gasteiger charge is -2.19. The molecule has 2 heteroatoms. The van der Waals surface area contributed by atoms with Crippen LogP contribution < -0.4 is 4.74 Å². The van der Waals surface area contributed by atoms with Crippen molar-refractivity contribution in [1.82, 2.24) is 4.98 Å². The summed E-state index contributed by atoms with van der Waals surface area (Å²) in [6.07, 6.45) is 3.83. The molecule has 0 aliphatic heterocycles. The highest BCUT2D eigenvalue weighted by molar-refractivity contribution is 6.23. The van der Waals surface area contributed by atoms with Crippen LogP contribution in [0.3, 0.4) is 0 Å². The van der Waals surface area contributed by atoms with E-state index >= 15 is 0 Å². The van der Waals surface area contributed by atoms with Crippen molar-refractivity contribution in [3.63, 3.8) is 0 Å². The molecule has 0 amide bonds. The second-order valence-electron chi connectivity index (χ2n) is 9.97. The van der Waals surface area contributed by atoms with E-state index in [4.69, 9.17) is 4.74 Å². The van der Waals surface area contributed by atoms with E-state index in [-0.39, 0.29) is 0 Å². The molecule has 0 fully saturated rings. The molecule has 1 aromatic heterocycles. The van der Waals surface area contributed by atoms with Crippen LogP contribution in [0.25, 0.3) is 65.0 Å². The van der Waals surface area contributed by atoms with Crippen LogP contribution in [-0.2, 0) is 0 Å². The van der Waals surface area contributed by atoms with Crippen molar-refractivity contribution in [1.29, 1.82) is 0 Å². The molecule has 0 bridgehead atoms. The largest absolute Gasteiger partial charge is 0.456 e. The number of aromatic nitrogens is 1. The molecule has 1 heterocycles. The van der Waals surface area contributed by atoms with Crippen LogP contribution in [0.15, 0.2) is 140 Å². The third kappa shape index (κ3) is 3.46. The molecule has 2 nitrogen and oxygen atoms in total. The number of benzene rings is 7. The number of pyridine rings is 1. The maximum Gasteiger partial charge on any atom is 0.143 e. The summed E-state index contributed by atoms with van der Waals surface area (Å²) in [5.74, 6) is 1.67. The minimum atomic E-state index is 0.820. The number of nitrogens with zero attached hydrogens (tertiary/aromatic N) is 1. The quantitative estimate of drug-likeness (QED) is 0.179. The Kier molecular flexibility index (Phi) is 4.86. The van der Waals surface area contributed by atoms with Crippen LogP contribution in [0.4, 0.5) is 0 Å². The summed E-state index contributed by atoms with van der Waals surface area (Å²) >= 11 is 0. The zero-order valence-corrected chi connectivity index (χ0v) is 21.1. The normalized spacial score (nSPS) is 11.6. The lowest BCUT2D eigenvalue weighted by molar-refractivity contribution is 0.494. The van der Waals surface area contributed by atoms with Gasteiger partial charge in [0.2, 0.25) is 0 Å². The van der Waals surface area contributed by atoms with Crippen molar-refractivity contribution < 1.29 is 4.74 Å². The Morgan fingerprint density at radius 1 is 0.436 bits per heavy atom. The zero-order chi connectivity index (χ0) is 25.8. The second kappa shape index (κ2) is 8.68. The molecule has 0 atom stereocenters. The van der Waals surface area contributed by atoms with Gasteiger partial charge in [-0.2, -0.15) is 0 Å². The van der Waals surface area contributed by atoms with E-state index in [1.807, 2.05) is 12.4 Å². The number of rotatable bonds is 3. The molecule has 0 saturated heterocycles. The van der Waals surface area contributed by atoms with Gasteiger partial charge >= 0.3 is 0 Å². The van der Waals surface area contributed by atoms with Crippen molar-refractivity contribution >= 4 is 53.9 Å². The number of hydrogen-bond donors (Lipinski definition) is 0. The summed E-state index contributed by atoms with van der Waals surface area (Å²) in [6, 6.07) is 44.9. The predicted octanol–water partition coefficient (Wildman–Crippen LogP) is 10.3. The molecule has 0 radical (unpaired) electrons. The number of ether oxygens (including phenoxy) is 1. The van der Waals surface area contributed by atoms with E-state index in [2.05, 4.69) is 132 Å². The number of fused-ring (bicyclic) bond motifs is 6. The van der Waals surface area contributed by atoms with Gasteiger partial charge in [-0.3, -0.25) is 4.98 Å². The lowest BCUT2D eigenvalue weighted by atomic mass is 9.87. The highest BCUT2D eigenvalue weighted by Crippen LogP contribution is 2.47. The van der Waals surface area contributed by atoms with Crippen LogP contribution in [0.5, 0.6) is 11.5 Å². The van der Waals surface area contributed by atoms with Crippen molar-refractivity contribution in [3.05, 3.63) is 140 Å². The van der Waals surface area contributed by atoms with Gasteiger partial charge in [0.25, 0.3) is 0 Å². The molecule has 39 heavy (non-hydrogen) atoms. The highest BCUT2D eigenvalue weighted by Gasteiger charge is 2.19. The zero-order valence-electron chi connectivity index (χ0n) is 21.1. The molecule has 8 rings (SSSR count). The van der Waals surface area contributed by atoms with Crippen LogP contribution in [-0.4, -0.2) is 4.98 Å². The summed E-state index contributed by atoms with van der Waals surface area (Å²) < 4.78 is 6.73. The summed E-state index contributed by atoms with van der Waals surface area (Å²) in [7, 11) is 0. The molecule has 0 unspecified atom stereocenters.